The van der Waals surface area contributed by atoms with E-state index in [4.69, 9.17) is 4.74 Å². The zero-order valence-corrected chi connectivity index (χ0v) is 13.5. The van der Waals surface area contributed by atoms with Gasteiger partial charge in [-0.1, -0.05) is 6.07 Å². The quantitative estimate of drug-likeness (QED) is 0.830. The molecule has 5 nitrogen and oxygen atoms in total. The summed E-state index contributed by atoms with van der Waals surface area (Å²) in [5, 5.41) is 0. The first-order valence-electron chi connectivity index (χ1n) is 7.44. The molecule has 128 valence electrons. The summed E-state index contributed by atoms with van der Waals surface area (Å²) >= 11 is 0. The first kappa shape index (κ1) is 16.8. The highest BCUT2D eigenvalue weighted by Crippen LogP contribution is 2.29. The second kappa shape index (κ2) is 6.82. The lowest BCUT2D eigenvalue weighted by Gasteiger charge is -2.09. The van der Waals surface area contributed by atoms with Crippen LogP contribution >= 0.6 is 0 Å². The zero-order valence-electron chi connectivity index (χ0n) is 12.7. The normalized spacial score (nSPS) is 14.6. The van der Waals surface area contributed by atoms with Gasteiger partial charge in [-0.2, -0.15) is 0 Å². The van der Waals surface area contributed by atoms with Gasteiger partial charge in [0, 0.05) is 12.8 Å². The second-order valence-corrected chi connectivity index (χ2v) is 7.34. The molecule has 0 atom stereocenters. The van der Waals surface area contributed by atoms with Gasteiger partial charge < -0.3 is 4.74 Å². The molecular weight excluding hydrogens is 338 g/mol. The molecule has 1 N–H and O–H groups in total. The SMILES string of the molecule is O=S(=O)(Nc1ccc(COCC2CC2)cn1)c1cc(F)ccc1F. The Labute approximate surface area is 138 Å². The Bertz CT molecular complexity index is 822. The predicted octanol–water partition coefficient (Wildman–Crippen LogP) is 3.09. The molecule has 0 saturated heterocycles. The Morgan fingerprint density at radius 3 is 2.67 bits per heavy atom. The molecule has 0 aliphatic heterocycles. The predicted molar refractivity (Wildman–Crippen MR) is 83.8 cm³/mol. The number of nitrogens with zero attached hydrogens (tertiary/aromatic N) is 1. The van der Waals surface area contributed by atoms with Crippen molar-refractivity contribution in [2.45, 2.75) is 24.3 Å². The number of ether oxygens (including phenoxy) is 1. The van der Waals surface area contributed by atoms with Crippen LogP contribution in [0.25, 0.3) is 0 Å². The lowest BCUT2D eigenvalue weighted by molar-refractivity contribution is 0.111. The van der Waals surface area contributed by atoms with E-state index in [9.17, 15) is 17.2 Å². The lowest BCUT2D eigenvalue weighted by atomic mass is 10.3. The molecule has 1 saturated carbocycles. The third kappa shape index (κ3) is 4.27. The molecule has 0 bridgehead atoms. The number of pyridine rings is 1. The molecule has 8 heteroatoms. The average Bonchev–Trinajstić information content (AvgIpc) is 3.35. The van der Waals surface area contributed by atoms with Crippen molar-refractivity contribution in [1.82, 2.24) is 4.98 Å². The minimum Gasteiger partial charge on any atom is -0.376 e. The maximum Gasteiger partial charge on any atom is 0.266 e. The summed E-state index contributed by atoms with van der Waals surface area (Å²) < 4.78 is 58.7. The number of anilines is 1. The summed E-state index contributed by atoms with van der Waals surface area (Å²) in [6.45, 7) is 1.11. The van der Waals surface area contributed by atoms with E-state index in [-0.39, 0.29) is 5.82 Å². The Kier molecular flexibility index (Phi) is 4.77. The maximum atomic E-state index is 13.6. The standard InChI is InChI=1S/C16H16F2N2O3S/c17-13-4-5-14(18)15(7-13)24(21,22)20-16-6-3-12(8-19-16)10-23-9-11-1-2-11/h3-8,11H,1-2,9-10H2,(H,19,20). The van der Waals surface area contributed by atoms with Crippen LogP contribution in [0, 0.1) is 17.6 Å². The number of sulfonamides is 1. The van der Waals surface area contributed by atoms with Crippen molar-refractivity contribution in [2.75, 3.05) is 11.3 Å². The highest BCUT2D eigenvalue weighted by molar-refractivity contribution is 7.92. The molecule has 0 radical (unpaired) electrons. The third-order valence-corrected chi connectivity index (χ3v) is 4.94. The van der Waals surface area contributed by atoms with Gasteiger partial charge in [-0.05, 0) is 48.6 Å². The maximum absolute atomic E-state index is 13.6. The number of hydrogen-bond acceptors (Lipinski definition) is 4. The lowest BCUT2D eigenvalue weighted by Crippen LogP contribution is -2.15. The van der Waals surface area contributed by atoms with Crippen LogP contribution in [0.15, 0.2) is 41.4 Å². The fourth-order valence-corrected chi connectivity index (χ4v) is 3.17. The number of hydrogen-bond donors (Lipinski definition) is 1. The second-order valence-electron chi connectivity index (χ2n) is 5.69. The van der Waals surface area contributed by atoms with E-state index < -0.39 is 26.6 Å². The summed E-state index contributed by atoms with van der Waals surface area (Å²) in [6.07, 6.45) is 3.89. The monoisotopic (exact) mass is 354 g/mol. The molecule has 2 aromatic rings. The van der Waals surface area contributed by atoms with Crippen molar-refractivity contribution < 1.29 is 21.9 Å². The number of aromatic nitrogens is 1. The van der Waals surface area contributed by atoms with Gasteiger partial charge >= 0.3 is 0 Å². The number of benzene rings is 1. The highest BCUT2D eigenvalue weighted by Gasteiger charge is 2.22. The van der Waals surface area contributed by atoms with Crippen LogP contribution < -0.4 is 4.72 Å². The largest absolute Gasteiger partial charge is 0.376 e. The molecular formula is C16H16F2N2O3S. The molecule has 1 aliphatic carbocycles. The molecule has 24 heavy (non-hydrogen) atoms. The van der Waals surface area contributed by atoms with Crippen molar-refractivity contribution in [3.05, 3.63) is 53.7 Å². The fraction of sp³-hybridized carbons (Fsp3) is 0.312. The van der Waals surface area contributed by atoms with Crippen molar-refractivity contribution in [1.29, 1.82) is 0 Å². The van der Waals surface area contributed by atoms with E-state index in [0.29, 0.717) is 25.2 Å². The molecule has 0 amide bonds. The van der Waals surface area contributed by atoms with E-state index in [1.54, 1.807) is 6.07 Å². The van der Waals surface area contributed by atoms with Gasteiger partial charge in [0.15, 0.2) is 0 Å². The topological polar surface area (TPSA) is 68.3 Å². The first-order chi connectivity index (χ1) is 11.4. The van der Waals surface area contributed by atoms with E-state index >= 15 is 0 Å². The van der Waals surface area contributed by atoms with Crippen LogP contribution in [0.3, 0.4) is 0 Å². The number of rotatable bonds is 7. The van der Waals surface area contributed by atoms with E-state index in [2.05, 4.69) is 9.71 Å². The highest BCUT2D eigenvalue weighted by atomic mass is 32.2. The van der Waals surface area contributed by atoms with Crippen LogP contribution in [-0.2, 0) is 21.4 Å². The molecule has 3 rings (SSSR count). The van der Waals surface area contributed by atoms with Crippen molar-refractivity contribution >= 4 is 15.8 Å². The van der Waals surface area contributed by atoms with E-state index in [0.717, 1.165) is 17.7 Å². The third-order valence-electron chi connectivity index (χ3n) is 3.57. The summed E-state index contributed by atoms with van der Waals surface area (Å²) in [7, 11) is -4.26. The number of nitrogens with one attached hydrogen (secondary N) is 1. The van der Waals surface area contributed by atoms with Gasteiger partial charge in [-0.3, -0.25) is 4.72 Å². The van der Waals surface area contributed by atoms with Crippen molar-refractivity contribution in [2.24, 2.45) is 5.92 Å². The van der Waals surface area contributed by atoms with Gasteiger partial charge in [-0.15, -0.1) is 0 Å². The molecule has 1 fully saturated rings. The summed E-state index contributed by atoms with van der Waals surface area (Å²) in [4.78, 5) is 3.21. The van der Waals surface area contributed by atoms with Crippen LogP contribution in [0.5, 0.6) is 0 Å². The zero-order chi connectivity index (χ0) is 17.2. The summed E-state index contributed by atoms with van der Waals surface area (Å²) in [5.74, 6) is -1.20. The minimum atomic E-state index is -4.26. The fourth-order valence-electron chi connectivity index (χ4n) is 2.07. The summed E-state index contributed by atoms with van der Waals surface area (Å²) in [6, 6.07) is 5.35. The Morgan fingerprint density at radius 1 is 1.21 bits per heavy atom. The Morgan fingerprint density at radius 2 is 2.00 bits per heavy atom. The van der Waals surface area contributed by atoms with Gasteiger partial charge in [-0.25, -0.2) is 22.2 Å². The van der Waals surface area contributed by atoms with Gasteiger partial charge in [0.2, 0.25) is 0 Å². The van der Waals surface area contributed by atoms with Crippen LogP contribution in [-0.4, -0.2) is 20.0 Å². The smallest absolute Gasteiger partial charge is 0.266 e. The van der Waals surface area contributed by atoms with Crippen molar-refractivity contribution in [3.8, 4) is 0 Å². The molecule has 1 aliphatic rings. The molecule has 1 aromatic heterocycles. The Balaban J connectivity index is 1.66. The minimum absolute atomic E-state index is 0.0182. The van der Waals surface area contributed by atoms with E-state index in [1.807, 2.05) is 0 Å². The first-order valence-corrected chi connectivity index (χ1v) is 8.93. The average molecular weight is 354 g/mol. The summed E-state index contributed by atoms with van der Waals surface area (Å²) in [5.41, 5.74) is 0.801. The van der Waals surface area contributed by atoms with Gasteiger partial charge in [0.25, 0.3) is 10.0 Å². The molecule has 0 unspecified atom stereocenters. The van der Waals surface area contributed by atoms with Crippen molar-refractivity contribution in [3.63, 3.8) is 0 Å². The van der Waals surface area contributed by atoms with Crippen LogP contribution in [0.1, 0.15) is 18.4 Å². The number of halogens is 2. The molecule has 0 spiro atoms. The van der Waals surface area contributed by atoms with Crippen LogP contribution in [0.4, 0.5) is 14.6 Å². The van der Waals surface area contributed by atoms with Crippen LogP contribution in [0.2, 0.25) is 0 Å². The Hall–Kier alpha value is -2.06. The van der Waals surface area contributed by atoms with E-state index in [1.165, 1.54) is 25.1 Å². The van der Waals surface area contributed by atoms with Gasteiger partial charge in [0.05, 0.1) is 6.61 Å². The molecule has 1 aromatic carbocycles. The molecule has 1 heterocycles. The van der Waals surface area contributed by atoms with Gasteiger partial charge in [0.1, 0.15) is 22.3 Å².